The Balaban J connectivity index is 1.89. The summed E-state index contributed by atoms with van der Waals surface area (Å²) in [6.07, 6.45) is 2.25. The molecule has 0 saturated carbocycles. The van der Waals surface area contributed by atoms with Gasteiger partial charge in [0.2, 0.25) is 0 Å². The van der Waals surface area contributed by atoms with Crippen molar-refractivity contribution in [2.45, 2.75) is 45.4 Å². The molecule has 0 radical (unpaired) electrons. The maximum atomic E-state index is 5.83. The van der Waals surface area contributed by atoms with Gasteiger partial charge in [0.25, 0.3) is 0 Å². The van der Waals surface area contributed by atoms with E-state index in [-0.39, 0.29) is 5.60 Å². The van der Waals surface area contributed by atoms with Crippen LogP contribution in [0.4, 0.5) is 0 Å². The maximum absolute atomic E-state index is 5.83. The van der Waals surface area contributed by atoms with Crippen LogP contribution in [0.15, 0.2) is 29.3 Å². The molecule has 1 aromatic carbocycles. The first-order valence-electron chi connectivity index (χ1n) is 8.89. The molecular formula is C19H32N4O. The van der Waals surface area contributed by atoms with Crippen molar-refractivity contribution in [2.75, 3.05) is 33.8 Å². The Labute approximate surface area is 146 Å². The van der Waals surface area contributed by atoms with E-state index in [2.05, 4.69) is 67.7 Å². The lowest BCUT2D eigenvalue weighted by Gasteiger charge is -2.24. The maximum Gasteiger partial charge on any atom is 0.191 e. The minimum absolute atomic E-state index is 0.0655. The normalized spacial score (nSPS) is 21.3. The molecule has 1 saturated heterocycles. The van der Waals surface area contributed by atoms with Crippen LogP contribution in [-0.2, 0) is 17.8 Å². The standard InChI is InChI=1S/C19H32N4O/c1-5-20-18(22-15-19(2)11-6-12-24-19)21-13-16-7-9-17(10-8-16)14-23(3)4/h7-10H,5-6,11-15H2,1-4H3,(H2,20,21,22). The molecule has 0 bridgehead atoms. The largest absolute Gasteiger partial charge is 0.373 e. The molecule has 0 aliphatic carbocycles. The van der Waals surface area contributed by atoms with Gasteiger partial charge in [0.15, 0.2) is 5.96 Å². The van der Waals surface area contributed by atoms with Gasteiger partial charge in [-0.05, 0) is 51.9 Å². The zero-order chi connectivity index (χ0) is 17.4. The molecule has 0 amide bonds. The molecule has 5 heteroatoms. The van der Waals surface area contributed by atoms with Crippen LogP contribution in [0.5, 0.6) is 0 Å². The summed E-state index contributed by atoms with van der Waals surface area (Å²) in [4.78, 5) is 6.87. The van der Waals surface area contributed by atoms with Gasteiger partial charge in [-0.3, -0.25) is 0 Å². The Morgan fingerprint density at radius 2 is 1.92 bits per heavy atom. The molecule has 24 heavy (non-hydrogen) atoms. The second-order valence-corrected chi connectivity index (χ2v) is 7.00. The van der Waals surface area contributed by atoms with Crippen molar-refractivity contribution >= 4 is 5.96 Å². The summed E-state index contributed by atoms with van der Waals surface area (Å²) < 4.78 is 5.83. The fourth-order valence-electron chi connectivity index (χ4n) is 2.87. The minimum Gasteiger partial charge on any atom is -0.373 e. The van der Waals surface area contributed by atoms with Crippen molar-refractivity contribution in [1.29, 1.82) is 0 Å². The third-order valence-electron chi connectivity index (χ3n) is 4.22. The Morgan fingerprint density at radius 3 is 2.50 bits per heavy atom. The number of guanidine groups is 1. The first kappa shape index (κ1) is 18.7. The number of nitrogens with one attached hydrogen (secondary N) is 2. The number of ether oxygens (including phenoxy) is 1. The zero-order valence-corrected chi connectivity index (χ0v) is 15.6. The molecule has 2 N–H and O–H groups in total. The van der Waals surface area contributed by atoms with Crippen LogP contribution < -0.4 is 10.6 Å². The second-order valence-electron chi connectivity index (χ2n) is 7.00. The fourth-order valence-corrected chi connectivity index (χ4v) is 2.87. The van der Waals surface area contributed by atoms with Crippen LogP contribution in [0.1, 0.15) is 37.8 Å². The molecule has 1 aliphatic rings. The van der Waals surface area contributed by atoms with Gasteiger partial charge in [0, 0.05) is 26.2 Å². The molecular weight excluding hydrogens is 300 g/mol. The van der Waals surface area contributed by atoms with E-state index in [0.29, 0.717) is 6.54 Å². The van der Waals surface area contributed by atoms with Gasteiger partial charge in [-0.2, -0.15) is 0 Å². The summed E-state index contributed by atoms with van der Waals surface area (Å²) in [7, 11) is 4.17. The highest BCUT2D eigenvalue weighted by molar-refractivity contribution is 5.79. The highest BCUT2D eigenvalue weighted by Crippen LogP contribution is 2.23. The molecule has 0 spiro atoms. The Bertz CT molecular complexity index is 519. The van der Waals surface area contributed by atoms with Crippen LogP contribution in [0, 0.1) is 0 Å². The minimum atomic E-state index is -0.0655. The smallest absolute Gasteiger partial charge is 0.191 e. The quantitative estimate of drug-likeness (QED) is 0.594. The monoisotopic (exact) mass is 332 g/mol. The summed E-state index contributed by atoms with van der Waals surface area (Å²) in [6.45, 7) is 8.40. The van der Waals surface area contributed by atoms with Crippen LogP contribution in [-0.4, -0.2) is 50.3 Å². The molecule has 0 aromatic heterocycles. The van der Waals surface area contributed by atoms with E-state index >= 15 is 0 Å². The fraction of sp³-hybridized carbons (Fsp3) is 0.632. The Hall–Kier alpha value is -1.59. The summed E-state index contributed by atoms with van der Waals surface area (Å²) in [5.74, 6) is 0.853. The van der Waals surface area contributed by atoms with Gasteiger partial charge in [0.05, 0.1) is 12.1 Å². The predicted molar refractivity (Wildman–Crippen MR) is 100 cm³/mol. The highest BCUT2D eigenvalue weighted by atomic mass is 16.5. The number of hydrogen-bond acceptors (Lipinski definition) is 3. The Morgan fingerprint density at radius 1 is 1.21 bits per heavy atom. The molecule has 2 rings (SSSR count). The topological polar surface area (TPSA) is 48.9 Å². The zero-order valence-electron chi connectivity index (χ0n) is 15.6. The lowest BCUT2D eigenvalue weighted by Crippen LogP contribution is -2.45. The van der Waals surface area contributed by atoms with E-state index in [4.69, 9.17) is 9.73 Å². The van der Waals surface area contributed by atoms with Gasteiger partial charge < -0.3 is 20.3 Å². The van der Waals surface area contributed by atoms with E-state index in [1.165, 1.54) is 11.1 Å². The third kappa shape index (κ3) is 6.13. The molecule has 1 aromatic rings. The highest BCUT2D eigenvalue weighted by Gasteiger charge is 2.29. The van der Waals surface area contributed by atoms with Crippen molar-refractivity contribution < 1.29 is 4.74 Å². The average molecular weight is 332 g/mol. The van der Waals surface area contributed by atoms with Crippen molar-refractivity contribution in [2.24, 2.45) is 4.99 Å². The van der Waals surface area contributed by atoms with E-state index in [1.807, 2.05) is 0 Å². The van der Waals surface area contributed by atoms with Crippen LogP contribution >= 0.6 is 0 Å². The van der Waals surface area contributed by atoms with Gasteiger partial charge in [-0.15, -0.1) is 0 Å². The van der Waals surface area contributed by atoms with E-state index in [1.54, 1.807) is 0 Å². The number of benzene rings is 1. The van der Waals surface area contributed by atoms with E-state index in [0.717, 1.165) is 45.0 Å². The molecule has 134 valence electrons. The second kappa shape index (κ2) is 9.04. The van der Waals surface area contributed by atoms with Crippen LogP contribution in [0.3, 0.4) is 0 Å². The van der Waals surface area contributed by atoms with Crippen molar-refractivity contribution in [3.8, 4) is 0 Å². The summed E-state index contributed by atoms with van der Waals surface area (Å²) >= 11 is 0. The molecule has 1 atom stereocenters. The molecule has 1 aliphatic heterocycles. The average Bonchev–Trinajstić information content (AvgIpc) is 2.98. The van der Waals surface area contributed by atoms with Gasteiger partial charge >= 0.3 is 0 Å². The first-order valence-corrected chi connectivity index (χ1v) is 8.89. The number of rotatable bonds is 7. The molecule has 1 heterocycles. The van der Waals surface area contributed by atoms with E-state index in [9.17, 15) is 0 Å². The predicted octanol–water partition coefficient (Wildman–Crippen LogP) is 2.37. The summed E-state index contributed by atoms with van der Waals surface area (Å²) in [5, 5.41) is 6.73. The third-order valence-corrected chi connectivity index (χ3v) is 4.22. The molecule has 1 unspecified atom stereocenters. The summed E-state index contributed by atoms with van der Waals surface area (Å²) in [6, 6.07) is 8.68. The van der Waals surface area contributed by atoms with Gasteiger partial charge in [-0.25, -0.2) is 4.99 Å². The van der Waals surface area contributed by atoms with E-state index < -0.39 is 0 Å². The lowest BCUT2D eigenvalue weighted by atomic mass is 10.0. The van der Waals surface area contributed by atoms with Crippen molar-refractivity contribution in [3.63, 3.8) is 0 Å². The summed E-state index contributed by atoms with van der Waals surface area (Å²) in [5.41, 5.74) is 2.48. The molecule has 1 fully saturated rings. The molecule has 5 nitrogen and oxygen atoms in total. The van der Waals surface area contributed by atoms with Crippen molar-refractivity contribution in [3.05, 3.63) is 35.4 Å². The van der Waals surface area contributed by atoms with Crippen LogP contribution in [0.25, 0.3) is 0 Å². The first-order chi connectivity index (χ1) is 11.5. The van der Waals surface area contributed by atoms with Crippen LogP contribution in [0.2, 0.25) is 0 Å². The number of nitrogens with zero attached hydrogens (tertiary/aromatic N) is 2. The van der Waals surface area contributed by atoms with Crippen molar-refractivity contribution in [1.82, 2.24) is 15.5 Å². The van der Waals surface area contributed by atoms with Gasteiger partial charge in [-0.1, -0.05) is 24.3 Å². The SMILES string of the molecule is CCNC(=NCc1ccc(CN(C)C)cc1)NCC1(C)CCCO1. The Kier molecular flexibility index (Phi) is 7.06. The lowest BCUT2D eigenvalue weighted by molar-refractivity contribution is 0.0243. The number of aliphatic imine (C=N–C) groups is 1. The number of hydrogen-bond donors (Lipinski definition) is 2. The van der Waals surface area contributed by atoms with Gasteiger partial charge in [0.1, 0.15) is 0 Å².